The highest BCUT2D eigenvalue weighted by Crippen LogP contribution is 2.36. The summed E-state index contributed by atoms with van der Waals surface area (Å²) in [7, 11) is -2.66. The van der Waals surface area contributed by atoms with Crippen molar-refractivity contribution in [2.24, 2.45) is 0 Å². The lowest BCUT2D eigenvalue weighted by Crippen LogP contribution is -2.30. The minimum Gasteiger partial charge on any atom is -0.457 e. The van der Waals surface area contributed by atoms with E-state index in [0.29, 0.717) is 37.7 Å². The van der Waals surface area contributed by atoms with Gasteiger partial charge in [0, 0.05) is 26.5 Å². The molecule has 10 heteroatoms. The van der Waals surface area contributed by atoms with E-state index in [9.17, 15) is 13.2 Å². The van der Waals surface area contributed by atoms with E-state index < -0.39 is 14.9 Å². The lowest BCUT2D eigenvalue weighted by Gasteiger charge is -2.23. The van der Waals surface area contributed by atoms with Crippen LogP contribution in [-0.2, 0) is 19.0 Å². The van der Waals surface area contributed by atoms with Crippen LogP contribution >= 0.6 is 34.5 Å². The summed E-state index contributed by atoms with van der Waals surface area (Å²) in [5, 5.41) is 4.66. The van der Waals surface area contributed by atoms with E-state index in [-0.39, 0.29) is 5.91 Å². The Labute approximate surface area is 217 Å². The second kappa shape index (κ2) is 9.79. The average molecular weight is 550 g/mol. The Morgan fingerprint density at radius 3 is 2.31 bits per heavy atom. The van der Waals surface area contributed by atoms with Crippen LogP contribution in [-0.4, -0.2) is 21.4 Å². The van der Waals surface area contributed by atoms with Gasteiger partial charge in [0.25, 0.3) is 16.0 Å². The summed E-state index contributed by atoms with van der Waals surface area (Å²) in [4.78, 5) is 13.4. The molecule has 0 aliphatic heterocycles. The zero-order valence-corrected chi connectivity index (χ0v) is 22.1. The quantitative estimate of drug-likeness (QED) is 0.242. The lowest BCUT2D eigenvalue weighted by molar-refractivity contribution is 0.103. The minimum absolute atomic E-state index is 0.323. The average Bonchev–Trinajstić information content (AvgIpc) is 3.24. The van der Waals surface area contributed by atoms with Crippen LogP contribution in [0.15, 0.2) is 66.7 Å². The second-order valence-corrected chi connectivity index (χ2v) is 12.4. The van der Waals surface area contributed by atoms with E-state index >= 15 is 0 Å². The highest BCUT2D eigenvalue weighted by molar-refractivity contribution is 7.87. The second-order valence-electron chi connectivity index (χ2n) is 8.18. The van der Waals surface area contributed by atoms with E-state index in [4.69, 9.17) is 32.1 Å². The van der Waals surface area contributed by atoms with E-state index in [1.807, 2.05) is 0 Å². The summed E-state index contributed by atoms with van der Waals surface area (Å²) in [6.45, 7) is 3.16. The third-order valence-electron chi connectivity index (χ3n) is 5.46. The van der Waals surface area contributed by atoms with Gasteiger partial charge in [-0.3, -0.25) is 8.98 Å². The molecule has 0 bridgehead atoms. The molecule has 0 saturated heterocycles. The molecular weight excluding hydrogens is 529 g/mol. The SMILES string of the molecule is COS(=O)(=O)C(C)(C)c1ccc2cc(C(=O)Nc3cc(Cl)cc(Oc4ccc(Cl)cc4)c3)sc2c1. The summed E-state index contributed by atoms with van der Waals surface area (Å²) >= 11 is 13.4. The number of nitrogens with one attached hydrogen (secondary N) is 1. The number of rotatable bonds is 7. The van der Waals surface area contributed by atoms with Gasteiger partial charge in [0.15, 0.2) is 0 Å². The normalized spacial score (nSPS) is 12.0. The molecule has 0 saturated carbocycles. The number of thiophene rings is 1. The predicted molar refractivity (Wildman–Crippen MR) is 142 cm³/mol. The topological polar surface area (TPSA) is 81.7 Å². The molecule has 1 amide bonds. The molecule has 0 aliphatic rings. The van der Waals surface area contributed by atoms with Gasteiger partial charge < -0.3 is 10.1 Å². The van der Waals surface area contributed by atoms with Gasteiger partial charge >= 0.3 is 0 Å². The van der Waals surface area contributed by atoms with Crippen LogP contribution < -0.4 is 10.1 Å². The van der Waals surface area contributed by atoms with E-state index in [0.717, 1.165) is 17.2 Å². The molecule has 0 fully saturated rings. The third kappa shape index (κ3) is 5.47. The smallest absolute Gasteiger partial charge is 0.276 e. The van der Waals surface area contributed by atoms with Crippen molar-refractivity contribution >= 4 is 66.3 Å². The van der Waals surface area contributed by atoms with Crippen molar-refractivity contribution in [2.45, 2.75) is 18.6 Å². The molecule has 6 nitrogen and oxygen atoms in total. The van der Waals surface area contributed by atoms with Crippen LogP contribution in [0, 0.1) is 0 Å². The van der Waals surface area contributed by atoms with Crippen LogP contribution in [0.1, 0.15) is 29.1 Å². The Bertz CT molecular complexity index is 1510. The minimum atomic E-state index is -3.81. The van der Waals surface area contributed by atoms with Crippen molar-refractivity contribution in [2.75, 3.05) is 12.4 Å². The molecule has 3 aromatic carbocycles. The summed E-state index contributed by atoms with van der Waals surface area (Å²) < 4.78 is 34.8. The summed E-state index contributed by atoms with van der Waals surface area (Å²) in [5.74, 6) is 0.710. The molecule has 0 atom stereocenters. The van der Waals surface area contributed by atoms with Crippen LogP contribution in [0.3, 0.4) is 0 Å². The van der Waals surface area contributed by atoms with Crippen LogP contribution in [0.4, 0.5) is 5.69 Å². The first-order valence-electron chi connectivity index (χ1n) is 10.4. The fourth-order valence-corrected chi connectivity index (χ4v) is 5.58. The molecule has 182 valence electrons. The number of carbonyl (C=O) groups is 1. The van der Waals surface area contributed by atoms with Crippen LogP contribution in [0.25, 0.3) is 10.1 Å². The maximum Gasteiger partial charge on any atom is 0.276 e. The van der Waals surface area contributed by atoms with Gasteiger partial charge in [-0.15, -0.1) is 11.3 Å². The number of halogens is 2. The molecule has 4 rings (SSSR count). The van der Waals surface area contributed by atoms with Gasteiger partial charge in [-0.2, -0.15) is 8.42 Å². The van der Waals surface area contributed by atoms with Crippen molar-refractivity contribution in [1.82, 2.24) is 0 Å². The molecule has 1 N–H and O–H groups in total. The molecule has 4 aromatic rings. The van der Waals surface area contributed by atoms with Crippen molar-refractivity contribution in [3.63, 3.8) is 0 Å². The summed E-state index contributed by atoms with van der Waals surface area (Å²) in [6.07, 6.45) is 0. The molecule has 0 aliphatic carbocycles. The van der Waals surface area contributed by atoms with Crippen molar-refractivity contribution < 1.29 is 22.1 Å². The van der Waals surface area contributed by atoms with Crippen LogP contribution in [0.5, 0.6) is 11.5 Å². The number of carbonyl (C=O) groups excluding carboxylic acids is 1. The Kier molecular flexibility index (Phi) is 7.13. The molecule has 35 heavy (non-hydrogen) atoms. The standard InChI is InChI=1S/C25H21Cl2NO5S2/c1-25(2,35(30,31)32-3)16-5-4-15-10-23(34-22(15)11-16)24(29)28-19-12-18(27)13-21(14-19)33-20-8-6-17(26)7-9-20/h4-14H,1-3H3,(H,28,29). The molecule has 0 spiro atoms. The van der Waals surface area contributed by atoms with Gasteiger partial charge in [-0.25, -0.2) is 0 Å². The van der Waals surface area contributed by atoms with E-state index in [2.05, 4.69) is 5.32 Å². The molecule has 1 heterocycles. The number of hydrogen-bond donors (Lipinski definition) is 1. The Morgan fingerprint density at radius 1 is 0.914 bits per heavy atom. The highest BCUT2D eigenvalue weighted by atomic mass is 35.5. The third-order valence-corrected chi connectivity index (χ3v) is 8.95. The van der Waals surface area contributed by atoms with Gasteiger partial charge in [-0.05, 0) is 73.3 Å². The van der Waals surface area contributed by atoms with E-state index in [1.165, 1.54) is 11.3 Å². The maximum atomic E-state index is 13.0. The van der Waals surface area contributed by atoms with Crippen molar-refractivity contribution in [3.05, 3.63) is 87.2 Å². The zero-order valence-electron chi connectivity index (χ0n) is 19.0. The van der Waals surface area contributed by atoms with Crippen molar-refractivity contribution in [3.8, 4) is 11.5 Å². The highest BCUT2D eigenvalue weighted by Gasteiger charge is 2.36. The largest absolute Gasteiger partial charge is 0.457 e. The molecular formula is C25H21Cl2NO5S2. The number of ether oxygens (including phenoxy) is 1. The van der Waals surface area contributed by atoms with Gasteiger partial charge in [0.2, 0.25) is 0 Å². The molecule has 1 aromatic heterocycles. The fraction of sp³-hybridized carbons (Fsp3) is 0.160. The number of amides is 1. The van der Waals surface area contributed by atoms with Gasteiger partial charge in [0.1, 0.15) is 16.2 Å². The Balaban J connectivity index is 1.57. The number of benzene rings is 3. The Hall–Kier alpha value is -2.62. The zero-order chi connectivity index (χ0) is 25.4. The van der Waals surface area contributed by atoms with Gasteiger partial charge in [-0.1, -0.05) is 35.3 Å². The number of anilines is 1. The predicted octanol–water partition coefficient (Wildman–Crippen LogP) is 7.46. The molecule has 0 unspecified atom stereocenters. The fourth-order valence-electron chi connectivity index (χ4n) is 3.40. The van der Waals surface area contributed by atoms with E-state index in [1.54, 1.807) is 80.6 Å². The van der Waals surface area contributed by atoms with Gasteiger partial charge in [0.05, 0.1) is 12.0 Å². The first-order chi connectivity index (χ1) is 16.5. The molecule has 0 radical (unpaired) electrons. The first kappa shape index (κ1) is 25.5. The monoisotopic (exact) mass is 549 g/mol. The number of hydrogen-bond acceptors (Lipinski definition) is 6. The summed E-state index contributed by atoms with van der Waals surface area (Å²) in [5.41, 5.74) is 1.04. The summed E-state index contributed by atoms with van der Waals surface area (Å²) in [6, 6.07) is 18.9. The lowest BCUT2D eigenvalue weighted by atomic mass is 10.0. The van der Waals surface area contributed by atoms with Crippen molar-refractivity contribution in [1.29, 1.82) is 0 Å². The van der Waals surface area contributed by atoms with Crippen LogP contribution in [0.2, 0.25) is 10.0 Å². The number of fused-ring (bicyclic) bond motifs is 1. The Morgan fingerprint density at radius 2 is 1.63 bits per heavy atom. The maximum absolute atomic E-state index is 13.0. The first-order valence-corrected chi connectivity index (χ1v) is 13.4.